The lowest BCUT2D eigenvalue weighted by Crippen LogP contribution is -2.27. The largest absolute Gasteiger partial charge is 0.465 e. The Kier molecular flexibility index (Phi) is 39.0. The predicted molar refractivity (Wildman–Crippen MR) is 468 cm³/mol. The van der Waals surface area contributed by atoms with E-state index in [1.54, 1.807) is 0 Å². The van der Waals surface area contributed by atoms with Gasteiger partial charge in [0.05, 0.1) is 52.9 Å². The van der Waals surface area contributed by atoms with Crippen molar-refractivity contribution in [1.29, 1.82) is 0 Å². The van der Waals surface area contributed by atoms with E-state index in [1.165, 1.54) is 48.5 Å². The second-order valence-corrected chi connectivity index (χ2v) is 32.5. The molecule has 0 unspecified atom stereocenters. The van der Waals surface area contributed by atoms with E-state index in [4.69, 9.17) is 114 Å². The van der Waals surface area contributed by atoms with Crippen LogP contribution in [0.5, 0.6) is 0 Å². The normalized spacial score (nSPS) is 11.7. The highest BCUT2D eigenvalue weighted by atomic mass is 35.5. The molecule has 2 aliphatic rings. The number of esters is 8. The summed E-state index contributed by atoms with van der Waals surface area (Å²) >= 11 is 29.8. The molecule has 5 heterocycles. The molecule has 0 atom stereocenters. The number of aromatic nitrogens is 8. The molecule has 3 aromatic heterocycles. The summed E-state index contributed by atoms with van der Waals surface area (Å²) in [6, 6.07) is 12.2. The van der Waals surface area contributed by atoms with Gasteiger partial charge in [-0.15, -0.1) is 0 Å². The maximum atomic E-state index is 14.7. The maximum absolute atomic E-state index is 14.7. The first kappa shape index (κ1) is 95.0. The molecule has 120 heavy (non-hydrogen) atoms. The van der Waals surface area contributed by atoms with Gasteiger partial charge in [0, 0.05) is 63.9 Å². The molecule has 0 saturated heterocycles. The zero-order chi connectivity index (χ0) is 86.0. The average molecular weight is 1730 g/mol. The average Bonchev–Trinajstić information content (AvgIpc) is 1.58. The van der Waals surface area contributed by atoms with Crippen molar-refractivity contribution >= 4 is 138 Å². The molecule has 7 aromatic rings. The Morgan fingerprint density at radius 2 is 0.417 bits per heavy atom. The lowest BCUT2D eigenvalue weighted by Gasteiger charge is -2.18. The van der Waals surface area contributed by atoms with Gasteiger partial charge in [0.1, 0.15) is 22.6 Å². The van der Waals surface area contributed by atoms with Crippen LogP contribution in [-0.2, 0) is 76.3 Å². The fourth-order valence-corrected chi connectivity index (χ4v) is 15.6. The standard InChI is InChI=1S/C92H118Cl4N8O16/c1-9-17-25-33-41-113-85(105)73(86(106)114-42-34-26-18-10-2)65-49-57-61(53-69(65)93)81-97-77(57)101-82-62-54-70(94)66(74(87(107)115-43-35-27-19-11-3)88(108)116-44-36-28-20-12-4)50-58(62)79(98-82)103-84-64-56-72(96)68(76(91(111)119-47-39-31-23-15-7)92(112)120-48-40-32-24-16-8)52-60(64)80(100-84)104-83-63-55-71(95)67(51-59(63)78(99-83)102-81)75(89(109)117-45-37-29-21-13-5)90(110)118-46-38-30-22-14-6/h49-56,73-76H,9-48H2,1-8H3,(H2,97,98,99,100,101,102,103,104). The number of fused-ring (bicyclic) bond motifs is 20. The van der Waals surface area contributed by atoms with Crippen LogP contribution in [0.4, 0.5) is 0 Å². The van der Waals surface area contributed by atoms with E-state index in [0.717, 1.165) is 154 Å². The topological polar surface area (TPSA) is 319 Å². The second-order valence-electron chi connectivity index (χ2n) is 30.8. The number of nitrogens with one attached hydrogen (secondary N) is 2. The first-order valence-corrected chi connectivity index (χ1v) is 45.3. The van der Waals surface area contributed by atoms with Crippen LogP contribution in [-0.4, -0.2) is 140 Å². The third-order valence-electron chi connectivity index (χ3n) is 21.4. The summed E-state index contributed by atoms with van der Waals surface area (Å²) < 4.78 is 47.2. The number of benzene rings is 4. The van der Waals surface area contributed by atoms with E-state index >= 15 is 0 Å². The van der Waals surface area contributed by atoms with Crippen molar-refractivity contribution < 1.29 is 76.3 Å². The highest BCUT2D eigenvalue weighted by molar-refractivity contribution is 6.35. The minimum Gasteiger partial charge on any atom is -0.465 e. The molecule has 24 nitrogen and oxygen atoms in total. The number of rotatable bonds is 52. The summed E-state index contributed by atoms with van der Waals surface area (Å²) in [6.45, 7) is 16.6. The number of carbonyl (C=O) groups is 8. The van der Waals surface area contributed by atoms with Crippen molar-refractivity contribution in [3.63, 3.8) is 0 Å². The third kappa shape index (κ3) is 25.6. The Labute approximate surface area is 723 Å². The summed E-state index contributed by atoms with van der Waals surface area (Å²) in [5, 5.41) is 0.694. The molecule has 0 aliphatic carbocycles. The molecule has 2 N–H and O–H groups in total. The summed E-state index contributed by atoms with van der Waals surface area (Å²) in [6.07, 6.45) is 25.2. The highest BCUT2D eigenvalue weighted by Gasteiger charge is 2.41. The first-order valence-electron chi connectivity index (χ1n) is 43.8. The third-order valence-corrected chi connectivity index (χ3v) is 22.7. The minimum absolute atomic E-state index is 0.00513. The summed E-state index contributed by atoms with van der Waals surface area (Å²) in [5.41, 5.74) is 1.00. The Hall–Kier alpha value is -8.84. The molecular weight excluding hydrogens is 1610 g/mol. The molecule has 0 radical (unpaired) electrons. The van der Waals surface area contributed by atoms with Gasteiger partial charge >= 0.3 is 47.8 Å². The van der Waals surface area contributed by atoms with Crippen molar-refractivity contribution in [1.82, 2.24) is 39.9 Å². The number of nitrogens with zero attached hydrogens (tertiary/aromatic N) is 6. The van der Waals surface area contributed by atoms with E-state index in [-0.39, 0.29) is 185 Å². The van der Waals surface area contributed by atoms with Crippen LogP contribution in [0.1, 0.15) is 307 Å². The van der Waals surface area contributed by atoms with Crippen LogP contribution >= 0.6 is 46.4 Å². The van der Waals surface area contributed by atoms with Gasteiger partial charge in [0.15, 0.2) is 47.0 Å². The van der Waals surface area contributed by atoms with Gasteiger partial charge < -0.3 is 47.9 Å². The van der Waals surface area contributed by atoms with Crippen molar-refractivity contribution in [2.45, 2.75) is 285 Å². The number of unbranched alkanes of at least 4 members (excludes halogenated alkanes) is 24. The molecule has 0 saturated carbocycles. The van der Waals surface area contributed by atoms with Crippen molar-refractivity contribution in [3.8, 4) is 45.6 Å². The summed E-state index contributed by atoms with van der Waals surface area (Å²) in [5.74, 6) is -14.2. The Morgan fingerprint density at radius 3 is 0.617 bits per heavy atom. The van der Waals surface area contributed by atoms with Crippen LogP contribution in [0.3, 0.4) is 0 Å². The zero-order valence-electron chi connectivity index (χ0n) is 70.9. The van der Waals surface area contributed by atoms with Crippen LogP contribution < -0.4 is 0 Å². The number of hydrogen-bond donors (Lipinski definition) is 2. The monoisotopic (exact) mass is 1730 g/mol. The zero-order valence-corrected chi connectivity index (χ0v) is 74.0. The summed E-state index contributed by atoms with van der Waals surface area (Å²) in [4.78, 5) is 156. The highest BCUT2D eigenvalue weighted by Crippen LogP contribution is 2.46. The molecular formula is C92H118Cl4N8O16. The van der Waals surface area contributed by atoms with Gasteiger partial charge in [0.2, 0.25) is 0 Å². The van der Waals surface area contributed by atoms with Gasteiger partial charge in [-0.3, -0.25) is 38.4 Å². The Morgan fingerprint density at radius 1 is 0.242 bits per heavy atom. The molecule has 28 heteroatoms. The van der Waals surface area contributed by atoms with Crippen molar-refractivity contribution in [2.75, 3.05) is 52.9 Å². The van der Waals surface area contributed by atoms with E-state index in [2.05, 4.69) is 65.4 Å². The lowest BCUT2D eigenvalue weighted by molar-refractivity contribution is -0.159. The molecule has 0 spiro atoms. The summed E-state index contributed by atoms with van der Waals surface area (Å²) in [7, 11) is 0. The Balaban J connectivity index is 1.40. The molecule has 9 rings (SSSR count). The van der Waals surface area contributed by atoms with E-state index < -0.39 is 71.4 Å². The van der Waals surface area contributed by atoms with Crippen molar-refractivity contribution in [3.05, 3.63) is 90.9 Å². The van der Waals surface area contributed by atoms with Crippen LogP contribution in [0.2, 0.25) is 20.1 Å². The smallest absolute Gasteiger partial charge is 0.324 e. The number of ether oxygens (including phenoxy) is 8. The lowest BCUT2D eigenvalue weighted by atomic mass is 9.94. The molecule has 8 bridgehead atoms. The number of aromatic amines is 2. The fraction of sp³-hybridized carbons (Fsp3) is 0.565. The van der Waals surface area contributed by atoms with Crippen LogP contribution in [0.25, 0.3) is 89.7 Å². The molecule has 4 aromatic carbocycles. The quantitative estimate of drug-likeness (QED) is 0.0155. The van der Waals surface area contributed by atoms with E-state index in [0.29, 0.717) is 51.4 Å². The van der Waals surface area contributed by atoms with Crippen LogP contribution in [0.15, 0.2) is 48.5 Å². The first-order chi connectivity index (χ1) is 58.2. The number of halogens is 4. The van der Waals surface area contributed by atoms with Gasteiger partial charge in [-0.05, 0) is 122 Å². The number of hydrogen-bond acceptors (Lipinski definition) is 22. The fourth-order valence-electron chi connectivity index (χ4n) is 14.5. The number of carbonyl (C=O) groups excluding carboxylic acids is 8. The molecule has 650 valence electrons. The molecule has 0 amide bonds. The van der Waals surface area contributed by atoms with Gasteiger partial charge in [-0.1, -0.05) is 256 Å². The SMILES string of the molecule is CCCCCCOC(=O)C(C(=O)OCCCCCC)c1cc2c(cc1Cl)-c1nc-2nc2[nH]c(nc3nc(nc4[nH]c(n1)c1cc(C(C(=O)OCCCCCC)C(=O)OCCCCCC)c(Cl)cc41)-c1cc(C(C(=O)OCCCCCC)C(=O)OCCCCCC)c(Cl)cc1-3)c1cc(C(C(=O)OCCCCCC)C(=O)OCCCCCC)c(Cl)cc21. The van der Waals surface area contributed by atoms with Gasteiger partial charge in [0.25, 0.3) is 0 Å². The van der Waals surface area contributed by atoms with Gasteiger partial charge in [-0.2, -0.15) is 0 Å². The second kappa shape index (κ2) is 49.3. The van der Waals surface area contributed by atoms with Gasteiger partial charge in [-0.25, -0.2) is 29.9 Å². The van der Waals surface area contributed by atoms with E-state index in [9.17, 15) is 38.4 Å². The Bertz CT molecular complexity index is 4450. The molecule has 0 fully saturated rings. The maximum Gasteiger partial charge on any atom is 0.324 e. The van der Waals surface area contributed by atoms with Crippen LogP contribution in [0, 0.1) is 0 Å². The predicted octanol–water partition coefficient (Wildman–Crippen LogP) is 22.8. The molecule has 2 aliphatic heterocycles. The van der Waals surface area contributed by atoms with Crippen molar-refractivity contribution in [2.24, 2.45) is 0 Å². The number of H-pyrrole nitrogens is 2. The van der Waals surface area contributed by atoms with E-state index in [1.807, 2.05) is 0 Å². The minimum atomic E-state index is -1.70.